The van der Waals surface area contributed by atoms with E-state index in [1.54, 1.807) is 44.2 Å². The van der Waals surface area contributed by atoms with Crippen LogP contribution >= 0.6 is 0 Å². The third-order valence-corrected chi connectivity index (χ3v) is 5.88. The molecule has 1 saturated heterocycles. The molecule has 2 unspecified atom stereocenters. The molecule has 1 fully saturated rings. The fourth-order valence-electron chi connectivity index (χ4n) is 3.55. The Bertz CT molecular complexity index is 816. The molecule has 1 heterocycles. The van der Waals surface area contributed by atoms with Crippen LogP contribution in [-0.2, 0) is 14.3 Å². The Morgan fingerprint density at radius 2 is 1.72 bits per heavy atom. The summed E-state index contributed by atoms with van der Waals surface area (Å²) >= 11 is 0. The highest BCUT2D eigenvalue weighted by Crippen LogP contribution is 2.38. The number of rotatable bonds is 7. The zero-order valence-corrected chi connectivity index (χ0v) is 17.1. The molecule has 0 aliphatic carbocycles. The van der Waals surface area contributed by atoms with Crippen molar-refractivity contribution in [3.63, 3.8) is 0 Å². The minimum Gasteiger partial charge on any atom is -0.387 e. The largest absolute Gasteiger partial charge is 0.387 e. The monoisotopic (exact) mass is 404 g/mol. The molecule has 0 bridgehead atoms. The number of hydrogen-bond donors (Lipinski definition) is 3. The fraction of sp³-hybridized carbons (Fsp3) is 0.500. The standard InChI is InChI=1S/C22H28O7/c1-5-13(2)19(25)22(28)17(23)11-29-12-21(22,27)20(26)15(4)14(3)18(24)16-9-7-6-8-10-16/h5-10,14-15,17,23,27-28H,11-12H2,1-4H3/t14?,15?,17-,21+,22-/m0/s1. The summed E-state index contributed by atoms with van der Waals surface area (Å²) in [7, 11) is 0. The van der Waals surface area contributed by atoms with Gasteiger partial charge in [0, 0.05) is 17.4 Å². The number of aliphatic hydroxyl groups excluding tert-OH is 1. The Kier molecular flexibility index (Phi) is 6.90. The highest BCUT2D eigenvalue weighted by molar-refractivity contribution is 6.09. The van der Waals surface area contributed by atoms with Crippen LogP contribution in [0.1, 0.15) is 38.1 Å². The Hall–Kier alpha value is -2.19. The van der Waals surface area contributed by atoms with Crippen LogP contribution < -0.4 is 0 Å². The van der Waals surface area contributed by atoms with Crippen molar-refractivity contribution in [2.45, 2.75) is 45.0 Å². The van der Waals surface area contributed by atoms with Gasteiger partial charge in [-0.05, 0) is 19.4 Å². The maximum absolute atomic E-state index is 13.2. The molecule has 7 heteroatoms. The zero-order chi connectivity index (χ0) is 22.0. The van der Waals surface area contributed by atoms with Crippen molar-refractivity contribution in [3.05, 3.63) is 47.5 Å². The second-order valence-electron chi connectivity index (χ2n) is 7.63. The number of ether oxygens (including phenoxy) is 1. The first-order chi connectivity index (χ1) is 13.5. The number of carbonyl (C=O) groups is 3. The molecule has 3 N–H and O–H groups in total. The van der Waals surface area contributed by atoms with Gasteiger partial charge in [-0.15, -0.1) is 0 Å². The minimum atomic E-state index is -2.78. The summed E-state index contributed by atoms with van der Waals surface area (Å²) in [6, 6.07) is 8.39. The molecule has 0 amide bonds. The van der Waals surface area contributed by atoms with Gasteiger partial charge < -0.3 is 20.1 Å². The van der Waals surface area contributed by atoms with Crippen LogP contribution in [0.4, 0.5) is 0 Å². The lowest BCUT2D eigenvalue weighted by atomic mass is 9.66. The van der Waals surface area contributed by atoms with E-state index in [4.69, 9.17) is 4.74 Å². The van der Waals surface area contributed by atoms with E-state index in [1.165, 1.54) is 19.9 Å². The van der Waals surface area contributed by atoms with E-state index in [0.29, 0.717) is 5.56 Å². The summed E-state index contributed by atoms with van der Waals surface area (Å²) in [4.78, 5) is 38.8. The first kappa shape index (κ1) is 23.1. The Labute approximate surface area is 170 Å². The lowest BCUT2D eigenvalue weighted by Crippen LogP contribution is -2.75. The van der Waals surface area contributed by atoms with Crippen molar-refractivity contribution in [1.29, 1.82) is 0 Å². The number of ketones is 3. The number of aliphatic hydroxyl groups is 3. The summed E-state index contributed by atoms with van der Waals surface area (Å²) in [5.74, 6) is -4.09. The maximum Gasteiger partial charge on any atom is 0.196 e. The third kappa shape index (κ3) is 3.83. The lowest BCUT2D eigenvalue weighted by Gasteiger charge is -2.48. The molecule has 0 aromatic heterocycles. The summed E-state index contributed by atoms with van der Waals surface area (Å²) in [6.07, 6.45) is -0.391. The molecule has 1 aliphatic rings. The molecule has 5 atom stereocenters. The molecule has 1 aliphatic heterocycles. The average molecular weight is 404 g/mol. The van der Waals surface area contributed by atoms with E-state index < -0.39 is 53.9 Å². The molecule has 158 valence electrons. The quantitative estimate of drug-likeness (QED) is 0.460. The number of allylic oxidation sites excluding steroid dienone is 1. The van der Waals surface area contributed by atoms with Gasteiger partial charge in [0.05, 0.1) is 13.2 Å². The van der Waals surface area contributed by atoms with Crippen LogP contribution in [0.5, 0.6) is 0 Å². The predicted molar refractivity (Wildman–Crippen MR) is 105 cm³/mol. The van der Waals surface area contributed by atoms with Gasteiger partial charge in [0.1, 0.15) is 6.10 Å². The van der Waals surface area contributed by atoms with Gasteiger partial charge >= 0.3 is 0 Å². The van der Waals surface area contributed by atoms with E-state index in [9.17, 15) is 29.7 Å². The van der Waals surface area contributed by atoms with Crippen molar-refractivity contribution < 1.29 is 34.4 Å². The molecule has 1 aromatic carbocycles. The van der Waals surface area contributed by atoms with Gasteiger partial charge in [-0.3, -0.25) is 14.4 Å². The van der Waals surface area contributed by atoms with E-state index in [1.807, 2.05) is 0 Å². The molecule has 0 saturated carbocycles. The molecule has 0 spiro atoms. The zero-order valence-electron chi connectivity index (χ0n) is 17.1. The van der Waals surface area contributed by atoms with Gasteiger partial charge in [-0.2, -0.15) is 0 Å². The average Bonchev–Trinajstić information content (AvgIpc) is 2.74. The molecular weight excluding hydrogens is 376 g/mol. The Morgan fingerprint density at radius 3 is 2.28 bits per heavy atom. The molecular formula is C22H28O7. The van der Waals surface area contributed by atoms with Crippen LogP contribution in [0.15, 0.2) is 42.0 Å². The van der Waals surface area contributed by atoms with Gasteiger partial charge in [-0.25, -0.2) is 0 Å². The van der Waals surface area contributed by atoms with E-state index >= 15 is 0 Å². The van der Waals surface area contributed by atoms with Gasteiger partial charge in [0.2, 0.25) is 0 Å². The summed E-state index contributed by atoms with van der Waals surface area (Å²) in [6.45, 7) is 4.88. The van der Waals surface area contributed by atoms with Crippen molar-refractivity contribution >= 4 is 17.3 Å². The first-order valence-corrected chi connectivity index (χ1v) is 9.54. The van der Waals surface area contributed by atoms with Gasteiger partial charge in [-0.1, -0.05) is 50.3 Å². The van der Waals surface area contributed by atoms with Crippen LogP contribution in [0.25, 0.3) is 0 Å². The van der Waals surface area contributed by atoms with Crippen LogP contribution in [-0.4, -0.2) is 63.2 Å². The van der Waals surface area contributed by atoms with E-state index in [0.717, 1.165) is 0 Å². The smallest absolute Gasteiger partial charge is 0.196 e. The van der Waals surface area contributed by atoms with Crippen molar-refractivity contribution in [3.8, 4) is 0 Å². The fourth-order valence-corrected chi connectivity index (χ4v) is 3.55. The number of carbonyl (C=O) groups excluding carboxylic acids is 3. The number of hydrogen-bond acceptors (Lipinski definition) is 7. The highest BCUT2D eigenvalue weighted by atomic mass is 16.5. The predicted octanol–water partition coefficient (Wildman–Crippen LogP) is 1.10. The molecule has 29 heavy (non-hydrogen) atoms. The maximum atomic E-state index is 13.2. The SMILES string of the molecule is CC=C(C)C(=O)[C@@]1(O)[C@@H](O)COC[C@@]1(O)C(=O)C(C)C(C)C(=O)c1ccccc1. The Balaban J connectivity index is 2.41. The highest BCUT2D eigenvalue weighted by Gasteiger charge is 2.66. The second kappa shape index (κ2) is 8.67. The second-order valence-corrected chi connectivity index (χ2v) is 7.63. The first-order valence-electron chi connectivity index (χ1n) is 9.54. The number of benzene rings is 1. The van der Waals surface area contributed by atoms with Crippen molar-refractivity contribution in [2.24, 2.45) is 11.8 Å². The van der Waals surface area contributed by atoms with E-state index in [2.05, 4.69) is 0 Å². The molecule has 0 radical (unpaired) electrons. The van der Waals surface area contributed by atoms with Crippen molar-refractivity contribution in [1.82, 2.24) is 0 Å². The van der Waals surface area contributed by atoms with Crippen LogP contribution in [0.2, 0.25) is 0 Å². The summed E-state index contributed by atoms with van der Waals surface area (Å²) < 4.78 is 5.12. The minimum absolute atomic E-state index is 0.0840. The molecule has 7 nitrogen and oxygen atoms in total. The van der Waals surface area contributed by atoms with E-state index in [-0.39, 0.29) is 11.4 Å². The summed E-state index contributed by atoms with van der Waals surface area (Å²) in [5, 5.41) is 32.6. The molecule has 1 aromatic rings. The summed E-state index contributed by atoms with van der Waals surface area (Å²) in [5.41, 5.74) is -4.98. The van der Waals surface area contributed by atoms with Crippen LogP contribution in [0.3, 0.4) is 0 Å². The van der Waals surface area contributed by atoms with Crippen LogP contribution in [0, 0.1) is 11.8 Å². The molecule has 2 rings (SSSR count). The number of Topliss-reactive ketones (excluding diaryl/α,β-unsaturated/α-hetero) is 3. The van der Waals surface area contributed by atoms with Gasteiger partial charge in [0.25, 0.3) is 0 Å². The topological polar surface area (TPSA) is 121 Å². The Morgan fingerprint density at radius 1 is 1.14 bits per heavy atom. The van der Waals surface area contributed by atoms with Gasteiger partial charge in [0.15, 0.2) is 28.6 Å². The van der Waals surface area contributed by atoms with Crippen molar-refractivity contribution in [2.75, 3.05) is 13.2 Å². The third-order valence-electron chi connectivity index (χ3n) is 5.88. The normalized spacial score (nSPS) is 29.8. The lowest BCUT2D eigenvalue weighted by molar-refractivity contribution is -0.248.